The third-order valence-corrected chi connectivity index (χ3v) is 4.91. The van der Waals surface area contributed by atoms with Gasteiger partial charge in [0.25, 0.3) is 11.8 Å². The molecule has 0 aliphatic heterocycles. The zero-order valence-electron chi connectivity index (χ0n) is 15.4. The maximum atomic E-state index is 12.3. The first-order valence-corrected chi connectivity index (χ1v) is 9.63. The van der Waals surface area contributed by atoms with Crippen LogP contribution in [0.4, 0.5) is 0 Å². The molecule has 0 bridgehead atoms. The summed E-state index contributed by atoms with van der Waals surface area (Å²) >= 11 is 1.60. The lowest BCUT2D eigenvalue weighted by Gasteiger charge is -2.02. The van der Waals surface area contributed by atoms with Gasteiger partial charge in [-0.2, -0.15) is 4.98 Å². The van der Waals surface area contributed by atoms with E-state index < -0.39 is 0 Å². The second-order valence-corrected chi connectivity index (χ2v) is 7.48. The molecule has 142 valence electrons. The van der Waals surface area contributed by atoms with Crippen molar-refractivity contribution in [3.05, 3.63) is 64.8 Å². The normalized spacial score (nSPS) is 11.1. The minimum absolute atomic E-state index is 0.195. The van der Waals surface area contributed by atoms with Gasteiger partial charge in [-0.25, -0.2) is 9.97 Å². The Kier molecular flexibility index (Phi) is 4.98. The van der Waals surface area contributed by atoms with Crippen LogP contribution >= 0.6 is 11.3 Å². The van der Waals surface area contributed by atoms with Gasteiger partial charge in [0.1, 0.15) is 17.8 Å². The second kappa shape index (κ2) is 7.73. The average molecular weight is 394 g/mol. The lowest BCUT2D eigenvalue weighted by molar-refractivity contribution is 0.0947. The van der Waals surface area contributed by atoms with Crippen molar-refractivity contribution < 1.29 is 9.32 Å². The highest BCUT2D eigenvalue weighted by molar-refractivity contribution is 7.09. The number of nitrogens with zero attached hydrogens (tertiary/aromatic N) is 5. The minimum atomic E-state index is -0.226. The molecule has 0 unspecified atom stereocenters. The fourth-order valence-corrected chi connectivity index (χ4v) is 3.13. The number of amides is 1. The summed E-state index contributed by atoms with van der Waals surface area (Å²) in [6.45, 7) is 4.49. The van der Waals surface area contributed by atoms with Gasteiger partial charge in [0.15, 0.2) is 5.82 Å². The smallest absolute Gasteiger partial charge is 0.271 e. The molecule has 8 nitrogen and oxygen atoms in total. The van der Waals surface area contributed by atoms with Crippen LogP contribution in [0.25, 0.3) is 17.3 Å². The molecular formula is C19H18N6O2S. The van der Waals surface area contributed by atoms with Gasteiger partial charge in [0, 0.05) is 23.2 Å². The minimum Gasteiger partial charge on any atom is -0.346 e. The van der Waals surface area contributed by atoms with Gasteiger partial charge in [-0.05, 0) is 23.6 Å². The third-order valence-electron chi connectivity index (χ3n) is 4.04. The first-order chi connectivity index (χ1) is 13.6. The van der Waals surface area contributed by atoms with Gasteiger partial charge in [-0.15, -0.1) is 11.3 Å². The Balaban J connectivity index is 1.45. The standard InChI is InChI=1S/C19H18N6O2S/c1-12(2)17-23-19(27-24-17)13-5-6-16(20-8-13)25-10-15(22-11-25)18(26)21-9-14-4-3-7-28-14/h3-8,10-12H,9H2,1-2H3,(H,21,26). The zero-order valence-corrected chi connectivity index (χ0v) is 16.2. The summed E-state index contributed by atoms with van der Waals surface area (Å²) in [5.41, 5.74) is 1.07. The largest absolute Gasteiger partial charge is 0.346 e. The fourth-order valence-electron chi connectivity index (χ4n) is 2.49. The molecule has 1 N–H and O–H groups in total. The Morgan fingerprint density at radius 1 is 1.29 bits per heavy atom. The molecule has 1 amide bonds. The molecule has 0 atom stereocenters. The monoisotopic (exact) mass is 394 g/mol. The SMILES string of the molecule is CC(C)c1noc(-c2ccc(-n3cnc(C(=O)NCc4cccs4)c3)nc2)n1. The maximum absolute atomic E-state index is 12.3. The van der Waals surface area contributed by atoms with Crippen molar-refractivity contribution in [2.45, 2.75) is 26.3 Å². The predicted molar refractivity (Wildman–Crippen MR) is 104 cm³/mol. The van der Waals surface area contributed by atoms with Gasteiger partial charge in [-0.3, -0.25) is 9.36 Å². The van der Waals surface area contributed by atoms with E-state index in [1.807, 2.05) is 43.5 Å². The Labute approximate surface area is 165 Å². The lowest BCUT2D eigenvalue weighted by atomic mass is 10.2. The highest BCUT2D eigenvalue weighted by Crippen LogP contribution is 2.20. The summed E-state index contributed by atoms with van der Waals surface area (Å²) in [6, 6.07) is 7.58. The van der Waals surface area contributed by atoms with Gasteiger partial charge in [-0.1, -0.05) is 25.1 Å². The summed E-state index contributed by atoms with van der Waals surface area (Å²) in [5, 5.41) is 8.79. The Morgan fingerprint density at radius 2 is 2.18 bits per heavy atom. The Morgan fingerprint density at radius 3 is 2.86 bits per heavy atom. The average Bonchev–Trinajstić information content (AvgIpc) is 3.48. The number of carbonyl (C=O) groups is 1. The first kappa shape index (κ1) is 18.1. The van der Waals surface area contributed by atoms with Gasteiger partial charge >= 0.3 is 0 Å². The number of rotatable bonds is 6. The molecule has 4 aromatic rings. The molecule has 0 saturated carbocycles. The highest BCUT2D eigenvalue weighted by Gasteiger charge is 2.13. The summed E-state index contributed by atoms with van der Waals surface area (Å²) in [6.07, 6.45) is 4.87. The molecule has 0 fully saturated rings. The Bertz CT molecular complexity index is 1070. The van der Waals surface area contributed by atoms with Crippen LogP contribution in [0.3, 0.4) is 0 Å². The first-order valence-electron chi connectivity index (χ1n) is 8.75. The van der Waals surface area contributed by atoms with Crippen molar-refractivity contribution in [1.82, 2.24) is 30.0 Å². The molecule has 0 saturated heterocycles. The van der Waals surface area contributed by atoms with Crippen LogP contribution in [0, 0.1) is 0 Å². The van der Waals surface area contributed by atoms with E-state index in [-0.39, 0.29) is 11.8 Å². The van der Waals surface area contributed by atoms with Crippen LogP contribution in [-0.2, 0) is 6.54 Å². The molecule has 4 heterocycles. The molecule has 9 heteroatoms. The number of carbonyl (C=O) groups excluding carboxylic acids is 1. The molecule has 4 aromatic heterocycles. The van der Waals surface area contributed by atoms with Crippen LogP contribution in [0.15, 0.2) is 52.9 Å². The van der Waals surface area contributed by atoms with Crippen molar-refractivity contribution in [1.29, 1.82) is 0 Å². The second-order valence-electron chi connectivity index (χ2n) is 6.45. The van der Waals surface area contributed by atoms with Crippen molar-refractivity contribution in [2.24, 2.45) is 0 Å². The summed E-state index contributed by atoms with van der Waals surface area (Å²) in [7, 11) is 0. The maximum Gasteiger partial charge on any atom is 0.271 e. The molecule has 0 spiro atoms. The van der Waals surface area contributed by atoms with Crippen LogP contribution in [0.2, 0.25) is 0 Å². The van der Waals surface area contributed by atoms with Gasteiger partial charge in [0.05, 0.1) is 12.1 Å². The number of nitrogens with one attached hydrogen (secondary N) is 1. The van der Waals surface area contributed by atoms with E-state index in [1.165, 1.54) is 0 Å². The molecule has 0 aliphatic rings. The predicted octanol–water partition coefficient (Wildman–Crippen LogP) is 3.43. The van der Waals surface area contributed by atoms with Crippen molar-refractivity contribution in [3.63, 3.8) is 0 Å². The number of hydrogen-bond donors (Lipinski definition) is 1. The summed E-state index contributed by atoms with van der Waals surface area (Å²) < 4.78 is 6.97. The van der Waals surface area contributed by atoms with E-state index in [9.17, 15) is 4.79 Å². The topological polar surface area (TPSA) is 98.7 Å². The third kappa shape index (κ3) is 3.84. The van der Waals surface area contributed by atoms with Crippen molar-refractivity contribution in [2.75, 3.05) is 0 Å². The number of imidazole rings is 1. The van der Waals surface area contributed by atoms with E-state index in [4.69, 9.17) is 4.52 Å². The van der Waals surface area contributed by atoms with Crippen molar-refractivity contribution in [3.8, 4) is 17.3 Å². The molecule has 0 radical (unpaired) electrons. The van der Waals surface area contributed by atoms with Crippen LogP contribution in [0.5, 0.6) is 0 Å². The zero-order chi connectivity index (χ0) is 19.5. The van der Waals surface area contributed by atoms with Crippen molar-refractivity contribution >= 4 is 17.2 Å². The van der Waals surface area contributed by atoms with E-state index >= 15 is 0 Å². The summed E-state index contributed by atoms with van der Waals surface area (Å²) in [4.78, 5) is 26.3. The van der Waals surface area contributed by atoms with E-state index in [1.54, 1.807) is 34.6 Å². The number of aromatic nitrogens is 5. The molecule has 0 aliphatic carbocycles. The molecule has 4 rings (SSSR count). The van der Waals surface area contributed by atoms with Crippen LogP contribution in [-0.4, -0.2) is 30.6 Å². The quantitative estimate of drug-likeness (QED) is 0.538. The van der Waals surface area contributed by atoms with Gasteiger partial charge in [0.2, 0.25) is 0 Å². The van der Waals surface area contributed by atoms with Crippen LogP contribution in [0.1, 0.15) is 41.0 Å². The number of pyridine rings is 1. The summed E-state index contributed by atoms with van der Waals surface area (Å²) in [5.74, 6) is 1.70. The fraction of sp³-hybridized carbons (Fsp3) is 0.211. The lowest BCUT2D eigenvalue weighted by Crippen LogP contribution is -2.22. The number of thiophene rings is 1. The van der Waals surface area contributed by atoms with E-state index in [2.05, 4.69) is 25.4 Å². The van der Waals surface area contributed by atoms with E-state index in [0.29, 0.717) is 29.8 Å². The molecular weight excluding hydrogens is 376 g/mol. The Hall–Kier alpha value is -3.33. The van der Waals surface area contributed by atoms with Gasteiger partial charge < -0.3 is 9.84 Å². The molecule has 0 aromatic carbocycles. The van der Waals surface area contributed by atoms with E-state index in [0.717, 1.165) is 10.4 Å². The highest BCUT2D eigenvalue weighted by atomic mass is 32.1. The molecule has 28 heavy (non-hydrogen) atoms. The van der Waals surface area contributed by atoms with Crippen LogP contribution < -0.4 is 5.32 Å². The number of hydrogen-bond acceptors (Lipinski definition) is 7.